The molecule has 0 bridgehead atoms. The van der Waals surface area contributed by atoms with Gasteiger partial charge < -0.3 is 39.4 Å². The number of carbonyl (C=O) groups excluding carboxylic acids is 2. The predicted molar refractivity (Wildman–Crippen MR) is 233 cm³/mol. The quantitative estimate of drug-likeness (QED) is 0.0268. The largest absolute Gasteiger partial charge is 0.462 e. The van der Waals surface area contributed by atoms with Crippen molar-refractivity contribution in [1.82, 2.24) is 0 Å². The van der Waals surface area contributed by atoms with E-state index in [1.165, 1.54) is 89.9 Å². The molecular formula is C48H86O10. The maximum absolute atomic E-state index is 12.8. The van der Waals surface area contributed by atoms with Crippen LogP contribution in [-0.2, 0) is 28.5 Å². The fourth-order valence-electron chi connectivity index (χ4n) is 6.98. The van der Waals surface area contributed by atoms with Crippen molar-refractivity contribution in [2.24, 2.45) is 0 Å². The first kappa shape index (κ1) is 53.9. The van der Waals surface area contributed by atoms with Gasteiger partial charge in [0.2, 0.25) is 0 Å². The Morgan fingerprint density at radius 2 is 0.966 bits per heavy atom. The highest BCUT2D eigenvalue weighted by Gasteiger charge is 2.44. The highest BCUT2D eigenvalue weighted by atomic mass is 16.7. The highest BCUT2D eigenvalue weighted by molar-refractivity contribution is 5.70. The Morgan fingerprint density at radius 3 is 1.48 bits per heavy atom. The van der Waals surface area contributed by atoms with Crippen LogP contribution in [-0.4, -0.2) is 89.0 Å². The van der Waals surface area contributed by atoms with Crippen LogP contribution in [0.4, 0.5) is 0 Å². The van der Waals surface area contributed by atoms with Gasteiger partial charge in [-0.15, -0.1) is 0 Å². The third-order valence-electron chi connectivity index (χ3n) is 10.7. The summed E-state index contributed by atoms with van der Waals surface area (Å²) in [6.45, 7) is 3.39. The number of esters is 2. The van der Waals surface area contributed by atoms with Gasteiger partial charge in [0, 0.05) is 12.8 Å². The lowest BCUT2D eigenvalue weighted by Gasteiger charge is -2.39. The molecule has 1 aliphatic rings. The van der Waals surface area contributed by atoms with E-state index < -0.39 is 49.4 Å². The Hall–Kier alpha value is -2.08. The van der Waals surface area contributed by atoms with Gasteiger partial charge in [-0.05, 0) is 70.6 Å². The molecule has 1 aliphatic heterocycles. The second kappa shape index (κ2) is 39.1. The van der Waals surface area contributed by atoms with E-state index in [-0.39, 0.29) is 32.0 Å². The normalized spacial score (nSPS) is 20.4. The summed E-state index contributed by atoms with van der Waals surface area (Å²) >= 11 is 0. The van der Waals surface area contributed by atoms with Crippen molar-refractivity contribution in [2.75, 3.05) is 19.8 Å². The number of ether oxygens (including phenoxy) is 4. The van der Waals surface area contributed by atoms with E-state index in [1.54, 1.807) is 0 Å². The first-order valence-electron chi connectivity index (χ1n) is 23.6. The van der Waals surface area contributed by atoms with Crippen LogP contribution in [0.3, 0.4) is 0 Å². The van der Waals surface area contributed by atoms with Crippen molar-refractivity contribution in [3.05, 3.63) is 36.5 Å². The van der Waals surface area contributed by atoms with Crippen molar-refractivity contribution in [1.29, 1.82) is 0 Å². The smallest absolute Gasteiger partial charge is 0.306 e. The minimum atomic E-state index is -1.60. The number of rotatable bonds is 39. The lowest BCUT2D eigenvalue weighted by atomic mass is 9.99. The monoisotopic (exact) mass is 823 g/mol. The van der Waals surface area contributed by atoms with E-state index in [1.807, 2.05) is 0 Å². The Kier molecular flexibility index (Phi) is 36.3. The second-order valence-corrected chi connectivity index (χ2v) is 16.2. The maximum atomic E-state index is 12.8. The first-order chi connectivity index (χ1) is 28.3. The standard InChI is InChI=1S/C48H86O10/c1-3-5-7-9-11-13-15-17-19-21-23-24-26-28-30-32-34-36-43(50)55-39-41(40-56-48-47(54)46(53)45(52)42(38-49)58-48)57-44(51)37-35-33-31-29-27-25-22-20-18-16-14-12-10-8-6-4-2/h12,14,17-20,41-42,45-49,52-54H,3-11,13,15-16,21-40H2,1-2H3. The summed E-state index contributed by atoms with van der Waals surface area (Å²) in [5.41, 5.74) is 0. The molecule has 338 valence electrons. The van der Waals surface area contributed by atoms with Gasteiger partial charge in [-0.2, -0.15) is 0 Å². The van der Waals surface area contributed by atoms with E-state index in [2.05, 4.69) is 50.3 Å². The third kappa shape index (κ3) is 30.0. The van der Waals surface area contributed by atoms with E-state index in [0.29, 0.717) is 6.42 Å². The molecule has 10 heteroatoms. The molecule has 0 aromatic carbocycles. The molecule has 1 heterocycles. The number of aliphatic hydroxyl groups excluding tert-OH is 4. The molecule has 4 N–H and O–H groups in total. The van der Waals surface area contributed by atoms with Crippen molar-refractivity contribution >= 4 is 11.9 Å². The molecular weight excluding hydrogens is 737 g/mol. The summed E-state index contributed by atoms with van der Waals surface area (Å²) in [7, 11) is 0. The number of hydrogen-bond donors (Lipinski definition) is 4. The van der Waals surface area contributed by atoms with E-state index in [4.69, 9.17) is 18.9 Å². The van der Waals surface area contributed by atoms with Crippen molar-refractivity contribution < 1.29 is 49.0 Å². The molecule has 0 aromatic rings. The molecule has 1 rings (SSSR count). The van der Waals surface area contributed by atoms with Gasteiger partial charge in [-0.25, -0.2) is 0 Å². The van der Waals surface area contributed by atoms with Crippen LogP contribution in [0.15, 0.2) is 36.5 Å². The van der Waals surface area contributed by atoms with Gasteiger partial charge in [0.15, 0.2) is 12.4 Å². The Labute approximate surface area is 353 Å². The van der Waals surface area contributed by atoms with Crippen LogP contribution in [0.25, 0.3) is 0 Å². The van der Waals surface area contributed by atoms with Gasteiger partial charge in [-0.3, -0.25) is 9.59 Å². The lowest BCUT2D eigenvalue weighted by molar-refractivity contribution is -0.305. The zero-order chi connectivity index (χ0) is 42.3. The highest BCUT2D eigenvalue weighted by Crippen LogP contribution is 2.23. The minimum Gasteiger partial charge on any atom is -0.462 e. The van der Waals surface area contributed by atoms with Crippen LogP contribution in [0.5, 0.6) is 0 Å². The average Bonchev–Trinajstić information content (AvgIpc) is 3.22. The average molecular weight is 823 g/mol. The molecule has 0 spiro atoms. The number of carbonyl (C=O) groups is 2. The summed E-state index contributed by atoms with van der Waals surface area (Å²) in [6.07, 6.45) is 37.1. The van der Waals surface area contributed by atoms with Crippen LogP contribution >= 0.6 is 0 Å². The number of unbranched alkanes of at least 4 members (excludes halogenated alkanes) is 22. The van der Waals surface area contributed by atoms with Gasteiger partial charge >= 0.3 is 11.9 Å². The van der Waals surface area contributed by atoms with Crippen LogP contribution in [0, 0.1) is 0 Å². The van der Waals surface area contributed by atoms with Gasteiger partial charge in [0.25, 0.3) is 0 Å². The second-order valence-electron chi connectivity index (χ2n) is 16.2. The Bertz CT molecular complexity index is 1040. The summed E-state index contributed by atoms with van der Waals surface area (Å²) < 4.78 is 22.2. The van der Waals surface area contributed by atoms with E-state index in [0.717, 1.165) is 77.0 Å². The SMILES string of the molecule is CCCCCC=CCC=CCCCCCCCCC(=O)OC(COC(=O)CCCCCCCCCC=CCCCCCCCC)COC1OC(CO)C(O)C(O)C1O. The molecule has 0 aliphatic carbocycles. The van der Waals surface area contributed by atoms with Crippen molar-refractivity contribution in [3.63, 3.8) is 0 Å². The molecule has 0 radical (unpaired) electrons. The van der Waals surface area contributed by atoms with Crippen molar-refractivity contribution in [3.8, 4) is 0 Å². The lowest BCUT2D eigenvalue weighted by Crippen LogP contribution is -2.59. The summed E-state index contributed by atoms with van der Waals surface area (Å²) in [5.74, 6) is -0.820. The molecule has 6 atom stereocenters. The molecule has 6 unspecified atom stereocenters. The topological polar surface area (TPSA) is 152 Å². The molecule has 0 amide bonds. The number of allylic oxidation sites excluding steroid dienone is 6. The molecule has 10 nitrogen and oxygen atoms in total. The van der Waals surface area contributed by atoms with Crippen LogP contribution < -0.4 is 0 Å². The van der Waals surface area contributed by atoms with Gasteiger partial charge in [0.1, 0.15) is 31.0 Å². The minimum absolute atomic E-state index is 0.217. The van der Waals surface area contributed by atoms with E-state index >= 15 is 0 Å². The third-order valence-corrected chi connectivity index (χ3v) is 10.7. The zero-order valence-corrected chi connectivity index (χ0v) is 36.8. The zero-order valence-electron chi connectivity index (χ0n) is 36.8. The molecule has 0 aromatic heterocycles. The summed E-state index contributed by atoms with van der Waals surface area (Å²) in [4.78, 5) is 25.4. The van der Waals surface area contributed by atoms with E-state index in [9.17, 15) is 30.0 Å². The molecule has 1 fully saturated rings. The first-order valence-corrected chi connectivity index (χ1v) is 23.6. The maximum Gasteiger partial charge on any atom is 0.306 e. The molecule has 0 saturated carbocycles. The predicted octanol–water partition coefficient (Wildman–Crippen LogP) is 10.3. The number of aliphatic hydroxyl groups is 4. The Morgan fingerprint density at radius 1 is 0.534 bits per heavy atom. The molecule has 1 saturated heterocycles. The molecule has 58 heavy (non-hydrogen) atoms. The number of hydrogen-bond acceptors (Lipinski definition) is 10. The van der Waals surface area contributed by atoms with Gasteiger partial charge in [-0.1, -0.05) is 153 Å². The Balaban J connectivity index is 2.32. The summed E-state index contributed by atoms with van der Waals surface area (Å²) in [6, 6.07) is 0. The summed E-state index contributed by atoms with van der Waals surface area (Å²) in [5, 5.41) is 40.1. The fourth-order valence-corrected chi connectivity index (χ4v) is 6.98. The van der Waals surface area contributed by atoms with Crippen molar-refractivity contribution in [2.45, 2.75) is 237 Å². The van der Waals surface area contributed by atoms with Crippen LogP contribution in [0.2, 0.25) is 0 Å². The fraction of sp³-hybridized carbons (Fsp3) is 0.833. The van der Waals surface area contributed by atoms with Gasteiger partial charge in [0.05, 0.1) is 13.2 Å². The van der Waals surface area contributed by atoms with Crippen LogP contribution in [0.1, 0.15) is 200 Å².